The highest BCUT2D eigenvalue weighted by molar-refractivity contribution is 5.94. The molecule has 0 saturated carbocycles. The van der Waals surface area contributed by atoms with Gasteiger partial charge in [-0.3, -0.25) is 9.80 Å². The van der Waals surface area contributed by atoms with E-state index in [1.165, 1.54) is 17.1 Å². The van der Waals surface area contributed by atoms with E-state index in [9.17, 15) is 31.1 Å². The largest absolute Gasteiger partial charge is 0.457 e. The van der Waals surface area contributed by atoms with Gasteiger partial charge in [0.15, 0.2) is 0 Å². The smallest absolute Gasteiger partial charge is 0.416 e. The SMILES string of the molecule is Cc1cccc2c1CN(CC1CN(C(=O)c3ccc(Oc4ccc(C(F)(F)F)cc4)cc3)C1)N2CC(F)(F)F. The van der Waals surface area contributed by atoms with Crippen molar-refractivity contribution in [1.82, 2.24) is 9.91 Å². The molecule has 1 fully saturated rings. The number of carbonyl (C=O) groups is 1. The highest BCUT2D eigenvalue weighted by Gasteiger charge is 2.41. The Balaban J connectivity index is 1.16. The van der Waals surface area contributed by atoms with Crippen LogP contribution < -0.4 is 9.75 Å². The summed E-state index contributed by atoms with van der Waals surface area (Å²) in [4.78, 5) is 14.5. The van der Waals surface area contributed by atoms with E-state index in [2.05, 4.69) is 0 Å². The molecule has 5 rings (SSSR count). The summed E-state index contributed by atoms with van der Waals surface area (Å²) < 4.78 is 83.6. The number of alkyl halides is 6. The second-order valence-corrected chi connectivity index (χ2v) is 9.82. The Kier molecular flexibility index (Phi) is 6.96. The van der Waals surface area contributed by atoms with E-state index in [1.807, 2.05) is 13.0 Å². The van der Waals surface area contributed by atoms with Crippen molar-refractivity contribution in [3.63, 3.8) is 0 Å². The highest BCUT2D eigenvalue weighted by atomic mass is 19.4. The van der Waals surface area contributed by atoms with Crippen molar-refractivity contribution in [1.29, 1.82) is 0 Å². The lowest BCUT2D eigenvalue weighted by atomic mass is 9.98. The average Bonchev–Trinajstić information content (AvgIpc) is 3.18. The van der Waals surface area contributed by atoms with Crippen LogP contribution in [-0.2, 0) is 12.7 Å². The van der Waals surface area contributed by atoms with E-state index in [-0.39, 0.29) is 17.6 Å². The summed E-state index contributed by atoms with van der Waals surface area (Å²) >= 11 is 0. The van der Waals surface area contributed by atoms with Gasteiger partial charge < -0.3 is 9.64 Å². The molecule has 206 valence electrons. The maximum atomic E-state index is 13.3. The fourth-order valence-electron chi connectivity index (χ4n) is 4.92. The summed E-state index contributed by atoms with van der Waals surface area (Å²) in [6.45, 7) is 2.46. The van der Waals surface area contributed by atoms with Gasteiger partial charge in [-0.1, -0.05) is 12.1 Å². The number of carbonyl (C=O) groups excluding carboxylic acids is 1. The van der Waals surface area contributed by atoms with Gasteiger partial charge >= 0.3 is 12.4 Å². The zero-order chi connectivity index (χ0) is 27.9. The van der Waals surface area contributed by atoms with E-state index >= 15 is 0 Å². The topological polar surface area (TPSA) is 36.0 Å². The quantitative estimate of drug-likeness (QED) is 0.322. The van der Waals surface area contributed by atoms with Crippen molar-refractivity contribution in [2.24, 2.45) is 5.92 Å². The molecule has 0 radical (unpaired) electrons. The number of ether oxygens (including phenoxy) is 1. The molecule has 1 amide bonds. The molecule has 2 heterocycles. The van der Waals surface area contributed by atoms with Crippen molar-refractivity contribution >= 4 is 11.6 Å². The number of benzene rings is 3. The molecule has 11 heteroatoms. The summed E-state index contributed by atoms with van der Waals surface area (Å²) in [7, 11) is 0. The lowest BCUT2D eigenvalue weighted by Crippen LogP contribution is -2.56. The molecule has 2 aliphatic rings. The first-order valence-electron chi connectivity index (χ1n) is 12.3. The Bertz CT molecular complexity index is 1330. The van der Waals surface area contributed by atoms with Crippen molar-refractivity contribution in [3.05, 3.63) is 89.0 Å². The first-order chi connectivity index (χ1) is 18.4. The average molecular weight is 550 g/mol. The van der Waals surface area contributed by atoms with E-state index in [0.717, 1.165) is 23.3 Å². The van der Waals surface area contributed by atoms with Crippen LogP contribution in [0.25, 0.3) is 0 Å². The molecular weight excluding hydrogens is 524 g/mol. The van der Waals surface area contributed by atoms with Crippen molar-refractivity contribution in [3.8, 4) is 11.5 Å². The van der Waals surface area contributed by atoms with Crippen LogP contribution in [0.5, 0.6) is 11.5 Å². The molecule has 0 bridgehead atoms. The van der Waals surface area contributed by atoms with Crippen LogP contribution in [0.4, 0.5) is 32.0 Å². The molecule has 1 saturated heterocycles. The van der Waals surface area contributed by atoms with Crippen LogP contribution in [0.3, 0.4) is 0 Å². The Morgan fingerprint density at radius 3 is 2.10 bits per heavy atom. The predicted molar refractivity (Wildman–Crippen MR) is 132 cm³/mol. The minimum Gasteiger partial charge on any atom is -0.457 e. The van der Waals surface area contributed by atoms with Crippen molar-refractivity contribution < 1.29 is 35.9 Å². The first kappa shape index (κ1) is 26.9. The van der Waals surface area contributed by atoms with Crippen molar-refractivity contribution in [2.75, 3.05) is 31.2 Å². The standard InChI is InChI=1S/C28H25F6N3O2/c1-18-3-2-4-25-24(18)16-36(37(25)17-27(29,30)31)15-19-13-35(14-19)26(38)20-5-9-22(10-6-20)39-23-11-7-21(8-12-23)28(32,33)34/h2-12,19H,13-17H2,1H3. The van der Waals surface area contributed by atoms with Gasteiger partial charge in [-0.05, 0) is 72.6 Å². The highest BCUT2D eigenvalue weighted by Crippen LogP contribution is 2.37. The van der Waals surface area contributed by atoms with Crippen LogP contribution in [-0.4, -0.2) is 48.2 Å². The maximum Gasteiger partial charge on any atom is 0.416 e. The molecule has 0 unspecified atom stereocenters. The van der Waals surface area contributed by atoms with E-state index in [4.69, 9.17) is 4.74 Å². The van der Waals surface area contributed by atoms with Gasteiger partial charge in [0.05, 0.1) is 11.3 Å². The van der Waals surface area contributed by atoms with Crippen LogP contribution in [0.15, 0.2) is 66.7 Å². The Hall–Kier alpha value is -3.73. The van der Waals surface area contributed by atoms with Gasteiger partial charge in [0.25, 0.3) is 5.91 Å². The number of fused-ring (bicyclic) bond motifs is 1. The monoisotopic (exact) mass is 549 g/mol. The molecule has 39 heavy (non-hydrogen) atoms. The third kappa shape index (κ3) is 5.98. The van der Waals surface area contributed by atoms with Gasteiger partial charge in [0.1, 0.15) is 18.0 Å². The van der Waals surface area contributed by atoms with Crippen molar-refractivity contribution in [2.45, 2.75) is 25.8 Å². The second kappa shape index (κ2) is 10.1. The summed E-state index contributed by atoms with van der Waals surface area (Å²) in [5.41, 5.74) is 2.03. The van der Waals surface area contributed by atoms with Gasteiger partial charge in [-0.25, -0.2) is 5.01 Å². The number of hydrogen-bond donors (Lipinski definition) is 0. The molecule has 3 aromatic carbocycles. The number of hydrogen-bond acceptors (Lipinski definition) is 4. The third-order valence-corrected chi connectivity index (χ3v) is 6.91. The summed E-state index contributed by atoms with van der Waals surface area (Å²) in [5, 5.41) is 3.01. The number of anilines is 1. The maximum absolute atomic E-state index is 13.3. The Labute approximate surface area is 221 Å². The minimum absolute atomic E-state index is 0.0292. The number of aryl methyl sites for hydroxylation is 1. The molecule has 0 N–H and O–H groups in total. The molecule has 3 aromatic rings. The Morgan fingerprint density at radius 1 is 0.897 bits per heavy atom. The van der Waals surface area contributed by atoms with Crippen LogP contribution in [0, 0.1) is 12.8 Å². The van der Waals surface area contributed by atoms with Crippen LogP contribution in [0.2, 0.25) is 0 Å². The van der Waals surface area contributed by atoms with E-state index in [0.29, 0.717) is 43.2 Å². The fourth-order valence-corrected chi connectivity index (χ4v) is 4.92. The first-order valence-corrected chi connectivity index (χ1v) is 12.3. The summed E-state index contributed by atoms with van der Waals surface area (Å²) in [6.07, 6.45) is -8.79. The summed E-state index contributed by atoms with van der Waals surface area (Å²) in [5.74, 6) is 0.412. The molecule has 0 aliphatic carbocycles. The molecular formula is C28H25F6N3O2. The third-order valence-electron chi connectivity index (χ3n) is 6.91. The van der Waals surface area contributed by atoms with E-state index in [1.54, 1.807) is 46.3 Å². The Morgan fingerprint density at radius 2 is 1.51 bits per heavy atom. The summed E-state index contributed by atoms with van der Waals surface area (Å²) in [6, 6.07) is 15.9. The normalized spacial score (nSPS) is 16.3. The number of rotatable bonds is 6. The predicted octanol–water partition coefficient (Wildman–Crippen LogP) is 6.68. The van der Waals surface area contributed by atoms with Crippen LogP contribution >= 0.6 is 0 Å². The molecule has 0 aromatic heterocycles. The minimum atomic E-state index is -4.43. The van der Waals surface area contributed by atoms with E-state index < -0.39 is 24.5 Å². The fraction of sp³-hybridized carbons (Fsp3) is 0.321. The molecule has 0 atom stereocenters. The van der Waals surface area contributed by atoms with Gasteiger partial charge in [0, 0.05) is 37.7 Å². The molecule has 5 nitrogen and oxygen atoms in total. The zero-order valence-electron chi connectivity index (χ0n) is 20.9. The lowest BCUT2D eigenvalue weighted by molar-refractivity contribution is -0.137. The van der Waals surface area contributed by atoms with Gasteiger partial charge in [-0.2, -0.15) is 26.3 Å². The number of amides is 1. The van der Waals surface area contributed by atoms with Crippen LogP contribution in [0.1, 0.15) is 27.0 Å². The zero-order valence-corrected chi connectivity index (χ0v) is 20.9. The van der Waals surface area contributed by atoms with Gasteiger partial charge in [0.2, 0.25) is 0 Å². The second-order valence-electron chi connectivity index (χ2n) is 9.82. The van der Waals surface area contributed by atoms with Gasteiger partial charge in [-0.15, -0.1) is 0 Å². The number of likely N-dealkylation sites (tertiary alicyclic amines) is 1. The lowest BCUT2D eigenvalue weighted by Gasteiger charge is -2.43. The number of nitrogens with zero attached hydrogens (tertiary/aromatic N) is 3. The number of halogens is 6. The molecule has 2 aliphatic heterocycles. The molecule has 0 spiro atoms. The number of hydrazine groups is 1.